The van der Waals surface area contributed by atoms with Crippen LogP contribution in [0.3, 0.4) is 0 Å². The fourth-order valence-electron chi connectivity index (χ4n) is 2.04. The van der Waals surface area contributed by atoms with E-state index in [1.807, 2.05) is 0 Å². The average molecular weight is 121 g/mol. The Morgan fingerprint density at radius 3 is 2.11 bits per heavy atom. The van der Waals surface area contributed by atoms with Gasteiger partial charge in [0, 0.05) is 5.41 Å². The third-order valence-electron chi connectivity index (χ3n) is 3.44. The molecule has 3 aliphatic carbocycles. The molecule has 2 bridgehead atoms. The van der Waals surface area contributed by atoms with E-state index in [4.69, 9.17) is 0 Å². The van der Waals surface area contributed by atoms with Gasteiger partial charge >= 0.3 is 0 Å². The molecule has 3 rings (SSSR count). The van der Waals surface area contributed by atoms with Crippen molar-refractivity contribution in [3.8, 4) is 0 Å². The van der Waals surface area contributed by atoms with Gasteiger partial charge in [-0.05, 0) is 24.3 Å². The van der Waals surface area contributed by atoms with Gasteiger partial charge in [0.05, 0.1) is 0 Å². The highest BCUT2D eigenvalue weighted by molar-refractivity contribution is 5.34. The quantitative estimate of drug-likeness (QED) is 0.462. The number of hydrogen-bond acceptors (Lipinski definition) is 0. The van der Waals surface area contributed by atoms with E-state index in [0.29, 0.717) is 10.8 Å². The number of hydrogen-bond donors (Lipinski definition) is 0. The molecule has 1 saturated carbocycles. The summed E-state index contributed by atoms with van der Waals surface area (Å²) >= 11 is 0. The summed E-state index contributed by atoms with van der Waals surface area (Å²) in [6, 6.07) is 0. The summed E-state index contributed by atoms with van der Waals surface area (Å²) in [5.41, 5.74) is 2.51. The Kier molecular flexibility index (Phi) is 0.685. The molecule has 1 atom stereocenters. The smallest absolute Gasteiger partial charge is 0.00189 e. The normalized spacial score (nSPS) is 44.1. The molecule has 0 spiro atoms. The van der Waals surface area contributed by atoms with Crippen LogP contribution in [0, 0.1) is 16.9 Å². The van der Waals surface area contributed by atoms with Gasteiger partial charge in [-0.2, -0.15) is 0 Å². The highest BCUT2D eigenvalue weighted by Crippen LogP contribution is 2.64. The molecule has 0 aliphatic heterocycles. The summed E-state index contributed by atoms with van der Waals surface area (Å²) in [5, 5.41) is 0. The summed E-state index contributed by atoms with van der Waals surface area (Å²) < 4.78 is 0. The Morgan fingerprint density at radius 1 is 1.33 bits per heavy atom. The predicted octanol–water partition coefficient (Wildman–Crippen LogP) is 2.56. The Morgan fingerprint density at radius 2 is 2.00 bits per heavy atom. The second-order valence-electron chi connectivity index (χ2n) is 4.06. The minimum atomic E-state index is 0.447. The maximum atomic E-state index is 3.50. The van der Waals surface area contributed by atoms with E-state index in [2.05, 4.69) is 26.8 Å². The Hall–Kier alpha value is -0.260. The third kappa shape index (κ3) is 0.385. The van der Waals surface area contributed by atoms with Crippen LogP contribution in [0.25, 0.3) is 0 Å². The summed E-state index contributed by atoms with van der Waals surface area (Å²) in [7, 11) is 0. The lowest BCUT2D eigenvalue weighted by Gasteiger charge is -2.44. The summed E-state index contributed by atoms with van der Waals surface area (Å²) in [4.78, 5) is 0. The molecular weight excluding hydrogens is 108 g/mol. The van der Waals surface area contributed by atoms with Crippen molar-refractivity contribution >= 4 is 0 Å². The second-order valence-corrected chi connectivity index (χ2v) is 4.06. The molecule has 0 amide bonds. The van der Waals surface area contributed by atoms with E-state index in [1.54, 1.807) is 5.57 Å². The fraction of sp³-hybridized carbons (Fsp3) is 0.778. The van der Waals surface area contributed by atoms with E-state index in [-0.39, 0.29) is 0 Å². The van der Waals surface area contributed by atoms with E-state index < -0.39 is 0 Å². The zero-order chi connectivity index (χ0) is 6.70. The zero-order valence-corrected chi connectivity index (χ0v) is 6.41. The van der Waals surface area contributed by atoms with Crippen LogP contribution in [0.4, 0.5) is 0 Å². The van der Waals surface area contributed by atoms with E-state index >= 15 is 0 Å². The molecule has 3 aliphatic rings. The molecule has 1 radical (unpaired) electrons. The van der Waals surface area contributed by atoms with Gasteiger partial charge in [0.2, 0.25) is 0 Å². The SMILES string of the molecule is CC12[C]=C(CC1)C2(C)C. The molecule has 1 unspecified atom stereocenters. The molecule has 0 aromatic rings. The van der Waals surface area contributed by atoms with Gasteiger partial charge in [-0.3, -0.25) is 0 Å². The minimum absolute atomic E-state index is 0.447. The van der Waals surface area contributed by atoms with Gasteiger partial charge in [0.25, 0.3) is 0 Å². The number of rotatable bonds is 0. The van der Waals surface area contributed by atoms with Crippen molar-refractivity contribution < 1.29 is 0 Å². The van der Waals surface area contributed by atoms with Crippen LogP contribution >= 0.6 is 0 Å². The van der Waals surface area contributed by atoms with Gasteiger partial charge in [0.15, 0.2) is 0 Å². The topological polar surface area (TPSA) is 0 Å². The van der Waals surface area contributed by atoms with Gasteiger partial charge in [-0.25, -0.2) is 0 Å². The van der Waals surface area contributed by atoms with Gasteiger partial charge in [-0.1, -0.05) is 26.3 Å². The van der Waals surface area contributed by atoms with Crippen molar-refractivity contribution in [1.82, 2.24) is 0 Å². The van der Waals surface area contributed by atoms with Crippen LogP contribution in [-0.2, 0) is 0 Å². The van der Waals surface area contributed by atoms with Crippen molar-refractivity contribution in [1.29, 1.82) is 0 Å². The molecule has 1 fully saturated rings. The first-order chi connectivity index (χ1) is 4.06. The summed E-state index contributed by atoms with van der Waals surface area (Å²) in [6.45, 7) is 7.00. The standard InChI is InChI=1S/C9H13/c1-8(2)7-4-5-9(8,3)6-7/h4-5H2,1-3H3. The molecule has 0 N–H and O–H groups in total. The van der Waals surface area contributed by atoms with Crippen LogP contribution in [0.5, 0.6) is 0 Å². The van der Waals surface area contributed by atoms with Crippen molar-refractivity contribution in [3.05, 3.63) is 11.6 Å². The summed E-state index contributed by atoms with van der Waals surface area (Å²) in [5.74, 6) is 0. The Labute approximate surface area is 57.0 Å². The van der Waals surface area contributed by atoms with Crippen molar-refractivity contribution in [3.63, 3.8) is 0 Å². The lowest BCUT2D eigenvalue weighted by molar-refractivity contribution is 0.174. The van der Waals surface area contributed by atoms with Crippen LogP contribution in [0.1, 0.15) is 33.6 Å². The van der Waals surface area contributed by atoms with Gasteiger partial charge < -0.3 is 0 Å². The monoisotopic (exact) mass is 121 g/mol. The largest absolute Gasteiger partial charge is 0.0596 e. The van der Waals surface area contributed by atoms with Crippen molar-refractivity contribution in [2.75, 3.05) is 0 Å². The molecule has 0 aromatic heterocycles. The first-order valence-electron chi connectivity index (χ1n) is 3.71. The first kappa shape index (κ1) is 5.52. The Balaban J connectivity index is 2.46. The molecule has 0 heterocycles. The van der Waals surface area contributed by atoms with Crippen LogP contribution in [0.15, 0.2) is 5.57 Å². The minimum Gasteiger partial charge on any atom is -0.0596 e. The number of allylic oxidation sites excluding steroid dienone is 2. The van der Waals surface area contributed by atoms with Gasteiger partial charge in [-0.15, -0.1) is 0 Å². The highest BCUT2D eigenvalue weighted by Gasteiger charge is 2.54. The van der Waals surface area contributed by atoms with E-state index in [1.165, 1.54) is 12.8 Å². The molecular formula is C9H13. The van der Waals surface area contributed by atoms with E-state index in [9.17, 15) is 0 Å². The average Bonchev–Trinajstić information content (AvgIpc) is 2.21. The zero-order valence-electron chi connectivity index (χ0n) is 6.41. The molecule has 0 heteroatoms. The maximum Gasteiger partial charge on any atom is 0.00189 e. The maximum absolute atomic E-state index is 3.50. The van der Waals surface area contributed by atoms with Crippen LogP contribution < -0.4 is 0 Å². The highest BCUT2D eigenvalue weighted by atomic mass is 14.6. The van der Waals surface area contributed by atoms with Crippen LogP contribution in [-0.4, -0.2) is 0 Å². The lowest BCUT2D eigenvalue weighted by Crippen LogP contribution is -2.37. The van der Waals surface area contributed by atoms with Crippen molar-refractivity contribution in [2.45, 2.75) is 33.6 Å². The lowest BCUT2D eigenvalue weighted by atomic mass is 9.59. The van der Waals surface area contributed by atoms with Gasteiger partial charge in [0.1, 0.15) is 0 Å². The molecule has 0 nitrogen and oxygen atoms in total. The first-order valence-corrected chi connectivity index (χ1v) is 3.71. The van der Waals surface area contributed by atoms with Crippen molar-refractivity contribution in [2.24, 2.45) is 10.8 Å². The Bertz CT molecular complexity index is 183. The summed E-state index contributed by atoms with van der Waals surface area (Å²) in [6.07, 6.45) is 6.15. The molecule has 49 valence electrons. The van der Waals surface area contributed by atoms with E-state index in [0.717, 1.165) is 0 Å². The predicted molar refractivity (Wildman–Crippen MR) is 37.9 cm³/mol. The fourth-order valence-corrected chi connectivity index (χ4v) is 2.04. The molecule has 9 heavy (non-hydrogen) atoms. The molecule has 0 aromatic carbocycles. The van der Waals surface area contributed by atoms with Crippen LogP contribution in [0.2, 0.25) is 0 Å². The molecule has 0 saturated heterocycles. The number of fused-ring (bicyclic) bond motifs is 1. The second kappa shape index (κ2) is 1.12. The third-order valence-corrected chi connectivity index (χ3v) is 3.44.